The van der Waals surface area contributed by atoms with E-state index in [1.807, 2.05) is 0 Å². The number of carboxylic acids is 1. The topological polar surface area (TPSA) is 86.2 Å². The highest BCUT2D eigenvalue weighted by molar-refractivity contribution is 5.71. The molecule has 0 spiro atoms. The molecule has 5 heteroatoms. The number of H-pyrrole nitrogens is 1. The van der Waals surface area contributed by atoms with Crippen molar-refractivity contribution < 1.29 is 15.0 Å². The van der Waals surface area contributed by atoms with Crippen LogP contribution in [0.3, 0.4) is 0 Å². The summed E-state index contributed by atoms with van der Waals surface area (Å²) in [6.07, 6.45) is -0.200. The van der Waals surface area contributed by atoms with Crippen LogP contribution in [-0.2, 0) is 11.2 Å². The van der Waals surface area contributed by atoms with Crippen LogP contribution in [0.1, 0.15) is 11.3 Å². The molecular weight excluding hydrogens is 148 g/mol. The lowest BCUT2D eigenvalue weighted by molar-refractivity contribution is -0.136. The second-order valence-electron chi connectivity index (χ2n) is 2.21. The van der Waals surface area contributed by atoms with E-state index < -0.39 is 5.97 Å². The normalized spacial score (nSPS) is 9.91. The first kappa shape index (κ1) is 7.59. The number of aromatic nitrogens is 2. The van der Waals surface area contributed by atoms with Crippen molar-refractivity contribution in [3.63, 3.8) is 0 Å². The van der Waals surface area contributed by atoms with E-state index in [-0.39, 0.29) is 12.3 Å². The number of hydrogen-bond acceptors (Lipinski definition) is 3. The van der Waals surface area contributed by atoms with Gasteiger partial charge in [0.15, 0.2) is 0 Å². The SMILES string of the molecule is Cc1n[nH]c(O)c1CC(=O)O. The van der Waals surface area contributed by atoms with Crippen LogP contribution in [0.4, 0.5) is 0 Å². The maximum atomic E-state index is 10.2. The number of carbonyl (C=O) groups is 1. The van der Waals surface area contributed by atoms with E-state index in [1.165, 1.54) is 0 Å². The first-order valence-electron chi connectivity index (χ1n) is 3.06. The minimum absolute atomic E-state index is 0.162. The second-order valence-corrected chi connectivity index (χ2v) is 2.21. The summed E-state index contributed by atoms with van der Waals surface area (Å²) in [5.74, 6) is -1.14. The summed E-state index contributed by atoms with van der Waals surface area (Å²) in [6.45, 7) is 1.63. The van der Waals surface area contributed by atoms with Crippen LogP contribution in [-0.4, -0.2) is 26.4 Å². The monoisotopic (exact) mass is 156 g/mol. The number of nitrogens with zero attached hydrogens (tertiary/aromatic N) is 1. The molecule has 0 bridgehead atoms. The Morgan fingerprint density at radius 1 is 1.73 bits per heavy atom. The Morgan fingerprint density at radius 3 is 2.73 bits per heavy atom. The molecule has 1 rings (SSSR count). The van der Waals surface area contributed by atoms with Crippen LogP contribution < -0.4 is 0 Å². The van der Waals surface area contributed by atoms with Crippen molar-refractivity contribution in [1.29, 1.82) is 0 Å². The molecule has 0 unspecified atom stereocenters. The maximum absolute atomic E-state index is 10.2. The van der Waals surface area contributed by atoms with Gasteiger partial charge in [0.2, 0.25) is 5.88 Å². The highest BCUT2D eigenvalue weighted by Gasteiger charge is 2.11. The van der Waals surface area contributed by atoms with E-state index in [1.54, 1.807) is 6.92 Å². The van der Waals surface area contributed by atoms with Gasteiger partial charge in [-0.05, 0) is 6.92 Å². The highest BCUT2D eigenvalue weighted by atomic mass is 16.4. The number of aromatic hydroxyl groups is 1. The lowest BCUT2D eigenvalue weighted by atomic mass is 10.2. The molecule has 1 aromatic rings. The number of aliphatic carboxylic acids is 1. The molecular formula is C6H8N2O3. The molecule has 0 aliphatic heterocycles. The van der Waals surface area contributed by atoms with E-state index in [9.17, 15) is 4.79 Å². The van der Waals surface area contributed by atoms with Gasteiger partial charge in [0.25, 0.3) is 0 Å². The summed E-state index contributed by atoms with van der Waals surface area (Å²) >= 11 is 0. The fourth-order valence-corrected chi connectivity index (χ4v) is 0.806. The quantitative estimate of drug-likeness (QED) is 0.564. The van der Waals surface area contributed by atoms with Crippen molar-refractivity contribution >= 4 is 5.97 Å². The zero-order valence-electron chi connectivity index (χ0n) is 5.96. The first-order valence-corrected chi connectivity index (χ1v) is 3.06. The Hall–Kier alpha value is -1.52. The number of hydrogen-bond donors (Lipinski definition) is 3. The first-order chi connectivity index (χ1) is 5.11. The minimum Gasteiger partial charge on any atom is -0.493 e. The molecule has 0 saturated carbocycles. The molecule has 1 heterocycles. The Morgan fingerprint density at radius 2 is 2.36 bits per heavy atom. The third-order valence-electron chi connectivity index (χ3n) is 1.38. The third-order valence-corrected chi connectivity index (χ3v) is 1.38. The third kappa shape index (κ3) is 1.49. The molecule has 0 atom stereocenters. The van der Waals surface area contributed by atoms with Gasteiger partial charge in [0.1, 0.15) is 0 Å². The molecule has 0 saturated heterocycles. The van der Waals surface area contributed by atoms with Gasteiger partial charge >= 0.3 is 5.97 Å². The largest absolute Gasteiger partial charge is 0.493 e. The molecule has 60 valence electrons. The summed E-state index contributed by atoms with van der Waals surface area (Å²) in [5.41, 5.74) is 0.863. The van der Waals surface area contributed by atoms with Crippen LogP contribution in [0.5, 0.6) is 5.88 Å². The summed E-state index contributed by atoms with van der Waals surface area (Å²) in [4.78, 5) is 10.2. The van der Waals surface area contributed by atoms with Gasteiger partial charge in [0, 0.05) is 5.56 Å². The fourth-order valence-electron chi connectivity index (χ4n) is 0.806. The lowest BCUT2D eigenvalue weighted by Crippen LogP contribution is -2.00. The van der Waals surface area contributed by atoms with Crippen LogP contribution in [0.2, 0.25) is 0 Å². The van der Waals surface area contributed by atoms with Gasteiger partial charge in [0.05, 0.1) is 12.1 Å². The van der Waals surface area contributed by atoms with Crippen molar-refractivity contribution in [3.05, 3.63) is 11.3 Å². The molecule has 0 aliphatic rings. The van der Waals surface area contributed by atoms with E-state index in [2.05, 4.69) is 10.2 Å². The summed E-state index contributed by atoms with van der Waals surface area (Å²) in [6, 6.07) is 0. The zero-order chi connectivity index (χ0) is 8.43. The highest BCUT2D eigenvalue weighted by Crippen LogP contribution is 2.16. The Labute approximate surface area is 62.7 Å². The lowest BCUT2D eigenvalue weighted by Gasteiger charge is -1.92. The molecule has 1 aromatic heterocycles. The Bertz CT molecular complexity index is 260. The molecule has 0 aliphatic carbocycles. The number of rotatable bonds is 2. The predicted molar refractivity (Wildman–Crippen MR) is 36.3 cm³/mol. The second kappa shape index (κ2) is 2.61. The van der Waals surface area contributed by atoms with Crippen molar-refractivity contribution in [3.8, 4) is 5.88 Å². The van der Waals surface area contributed by atoms with Gasteiger partial charge < -0.3 is 10.2 Å². The van der Waals surface area contributed by atoms with E-state index in [0.29, 0.717) is 11.3 Å². The number of nitrogens with one attached hydrogen (secondary N) is 1. The van der Waals surface area contributed by atoms with Gasteiger partial charge in [-0.15, -0.1) is 0 Å². The standard InChI is InChI=1S/C6H8N2O3/c1-3-4(2-5(9)10)6(11)8-7-3/h2H2,1H3,(H,9,10)(H2,7,8,11). The summed E-state index contributed by atoms with van der Waals surface area (Å²) in [5, 5.41) is 23.3. The summed E-state index contributed by atoms with van der Waals surface area (Å²) in [7, 11) is 0. The number of aromatic amines is 1. The van der Waals surface area contributed by atoms with Crippen molar-refractivity contribution in [2.75, 3.05) is 0 Å². The predicted octanol–water partition coefficient (Wildman–Crippen LogP) is 0.0508. The van der Waals surface area contributed by atoms with Crippen molar-refractivity contribution in [2.24, 2.45) is 0 Å². The smallest absolute Gasteiger partial charge is 0.308 e. The zero-order valence-corrected chi connectivity index (χ0v) is 5.96. The van der Waals surface area contributed by atoms with E-state index >= 15 is 0 Å². The maximum Gasteiger partial charge on any atom is 0.308 e. The van der Waals surface area contributed by atoms with E-state index in [0.717, 1.165) is 0 Å². The van der Waals surface area contributed by atoms with Gasteiger partial charge in [-0.2, -0.15) is 5.10 Å². The Balaban J connectivity index is 2.92. The average molecular weight is 156 g/mol. The molecule has 0 aromatic carbocycles. The van der Waals surface area contributed by atoms with Crippen LogP contribution >= 0.6 is 0 Å². The number of carboxylic acid groups (broad SMARTS) is 1. The summed E-state index contributed by atoms with van der Waals surface area (Å²) < 4.78 is 0. The molecule has 3 N–H and O–H groups in total. The molecule has 0 amide bonds. The van der Waals surface area contributed by atoms with Gasteiger partial charge in [-0.25, -0.2) is 5.10 Å². The van der Waals surface area contributed by atoms with Crippen molar-refractivity contribution in [2.45, 2.75) is 13.3 Å². The Kier molecular flexibility index (Phi) is 1.80. The van der Waals surface area contributed by atoms with Crippen LogP contribution in [0.25, 0.3) is 0 Å². The van der Waals surface area contributed by atoms with Crippen LogP contribution in [0.15, 0.2) is 0 Å². The number of aryl methyl sites for hydroxylation is 1. The molecule has 0 fully saturated rings. The molecule has 11 heavy (non-hydrogen) atoms. The average Bonchev–Trinajstić information content (AvgIpc) is 2.18. The van der Waals surface area contributed by atoms with E-state index in [4.69, 9.17) is 10.2 Å². The molecule has 0 radical (unpaired) electrons. The van der Waals surface area contributed by atoms with Gasteiger partial charge in [-0.1, -0.05) is 0 Å². The van der Waals surface area contributed by atoms with Crippen LogP contribution in [0, 0.1) is 6.92 Å². The van der Waals surface area contributed by atoms with Crippen molar-refractivity contribution in [1.82, 2.24) is 10.2 Å². The van der Waals surface area contributed by atoms with Gasteiger partial charge in [-0.3, -0.25) is 4.79 Å². The fraction of sp³-hybridized carbons (Fsp3) is 0.333. The minimum atomic E-state index is -0.982. The molecule has 5 nitrogen and oxygen atoms in total.